The Morgan fingerprint density at radius 3 is 2.67 bits per heavy atom. The summed E-state index contributed by atoms with van der Waals surface area (Å²) in [6.07, 6.45) is 1.12. The number of anilines is 1. The van der Waals surface area contributed by atoms with Crippen molar-refractivity contribution in [3.8, 4) is 22.8 Å². The van der Waals surface area contributed by atoms with Crippen LogP contribution in [0.15, 0.2) is 36.7 Å². The second kappa shape index (κ2) is 7.94. The van der Waals surface area contributed by atoms with Gasteiger partial charge in [0.05, 0.1) is 6.10 Å². The number of aromatic hydroxyl groups is 1. The minimum absolute atomic E-state index is 0.0458. The molecule has 0 radical (unpaired) electrons. The monoisotopic (exact) mass is 420 g/mol. The second-order valence-corrected chi connectivity index (χ2v) is 7.21. The number of benzene rings is 1. The number of aliphatic hydroxyl groups excluding tert-OH is 1. The first-order valence-electron chi connectivity index (χ1n) is 9.44. The molecule has 2 unspecified atom stereocenters. The standard InChI is InChI=1S/C20H19F3N4O3/c21-20(22,23)30-13-4-5-15(17(29)9-13)18-14-6-7-24-10-16(14)19(27-26-18)25-11-2-1-3-12(28)8-11/h4-7,9-12,28-29H,1-3,8H2,(H,25,27). The predicted molar refractivity (Wildman–Crippen MR) is 103 cm³/mol. The lowest BCUT2D eigenvalue weighted by atomic mass is 9.93. The number of aliphatic hydroxyl groups is 1. The molecule has 158 valence electrons. The molecular weight excluding hydrogens is 401 g/mol. The Bertz CT molecular complexity index is 1060. The molecule has 1 aliphatic carbocycles. The van der Waals surface area contributed by atoms with Crippen molar-refractivity contribution < 1.29 is 28.1 Å². The number of fused-ring (bicyclic) bond motifs is 1. The fraction of sp³-hybridized carbons (Fsp3) is 0.350. The van der Waals surface area contributed by atoms with Gasteiger partial charge in [0.1, 0.15) is 17.2 Å². The summed E-state index contributed by atoms with van der Waals surface area (Å²) in [7, 11) is 0. The number of nitrogens with one attached hydrogen (secondary N) is 1. The van der Waals surface area contributed by atoms with E-state index in [0.29, 0.717) is 28.7 Å². The number of aromatic nitrogens is 3. The van der Waals surface area contributed by atoms with Crippen LogP contribution in [0.4, 0.5) is 19.0 Å². The highest BCUT2D eigenvalue weighted by Crippen LogP contribution is 2.37. The van der Waals surface area contributed by atoms with Gasteiger partial charge in [0.2, 0.25) is 0 Å². The van der Waals surface area contributed by atoms with Gasteiger partial charge in [-0.15, -0.1) is 23.4 Å². The molecule has 0 aliphatic heterocycles. The molecule has 7 nitrogen and oxygen atoms in total. The van der Waals surface area contributed by atoms with E-state index in [9.17, 15) is 23.4 Å². The number of ether oxygens (including phenoxy) is 1. The molecule has 0 spiro atoms. The van der Waals surface area contributed by atoms with Crippen LogP contribution in [0, 0.1) is 0 Å². The van der Waals surface area contributed by atoms with Gasteiger partial charge in [-0.05, 0) is 43.9 Å². The molecule has 0 saturated heterocycles. The molecule has 4 rings (SSSR count). The Morgan fingerprint density at radius 2 is 1.93 bits per heavy atom. The van der Waals surface area contributed by atoms with Crippen molar-refractivity contribution in [2.75, 3.05) is 5.32 Å². The highest BCUT2D eigenvalue weighted by Gasteiger charge is 2.31. The lowest BCUT2D eigenvalue weighted by Gasteiger charge is -2.27. The summed E-state index contributed by atoms with van der Waals surface area (Å²) in [5.74, 6) is -0.449. The lowest BCUT2D eigenvalue weighted by Crippen LogP contribution is -2.30. The second-order valence-electron chi connectivity index (χ2n) is 7.21. The first kappa shape index (κ1) is 20.1. The van der Waals surface area contributed by atoms with Crippen molar-refractivity contribution in [3.05, 3.63) is 36.7 Å². The fourth-order valence-corrected chi connectivity index (χ4v) is 3.70. The van der Waals surface area contributed by atoms with Gasteiger partial charge in [-0.2, -0.15) is 0 Å². The van der Waals surface area contributed by atoms with Crippen LogP contribution in [0.5, 0.6) is 11.5 Å². The highest BCUT2D eigenvalue weighted by atomic mass is 19.4. The Balaban J connectivity index is 1.69. The van der Waals surface area contributed by atoms with E-state index in [1.165, 1.54) is 6.07 Å². The third-order valence-corrected chi connectivity index (χ3v) is 5.03. The Hall–Kier alpha value is -3.14. The van der Waals surface area contributed by atoms with Crippen LogP contribution in [0.25, 0.3) is 22.0 Å². The summed E-state index contributed by atoms with van der Waals surface area (Å²) in [4.78, 5) is 4.13. The molecule has 2 atom stereocenters. The Kier molecular flexibility index (Phi) is 5.33. The molecule has 1 aromatic carbocycles. The molecule has 1 saturated carbocycles. The topological polar surface area (TPSA) is 100 Å². The molecule has 30 heavy (non-hydrogen) atoms. The van der Waals surface area contributed by atoms with Gasteiger partial charge in [-0.1, -0.05) is 0 Å². The van der Waals surface area contributed by atoms with Crippen molar-refractivity contribution in [1.29, 1.82) is 0 Å². The zero-order chi connectivity index (χ0) is 21.3. The smallest absolute Gasteiger partial charge is 0.507 e. The number of hydrogen-bond donors (Lipinski definition) is 3. The predicted octanol–water partition coefficient (Wildman–Crippen LogP) is 4.01. The summed E-state index contributed by atoms with van der Waals surface area (Å²) in [6, 6.07) is 5.02. The molecule has 1 fully saturated rings. The van der Waals surface area contributed by atoms with Crippen LogP contribution in [-0.2, 0) is 0 Å². The van der Waals surface area contributed by atoms with Crippen molar-refractivity contribution in [1.82, 2.24) is 15.2 Å². The number of rotatable bonds is 4. The lowest BCUT2D eigenvalue weighted by molar-refractivity contribution is -0.274. The van der Waals surface area contributed by atoms with E-state index in [4.69, 9.17) is 0 Å². The molecule has 3 N–H and O–H groups in total. The van der Waals surface area contributed by atoms with Crippen LogP contribution in [0.1, 0.15) is 25.7 Å². The first-order valence-corrected chi connectivity index (χ1v) is 9.44. The molecule has 2 aromatic heterocycles. The zero-order valence-corrected chi connectivity index (χ0v) is 15.7. The average molecular weight is 420 g/mol. The fourth-order valence-electron chi connectivity index (χ4n) is 3.70. The molecule has 2 heterocycles. The maximum atomic E-state index is 12.4. The van der Waals surface area contributed by atoms with Gasteiger partial charge in [-0.25, -0.2) is 0 Å². The summed E-state index contributed by atoms with van der Waals surface area (Å²) in [5, 5.41) is 33.2. The number of alkyl halides is 3. The van der Waals surface area contributed by atoms with Gasteiger partial charge in [0.25, 0.3) is 0 Å². The molecule has 3 aromatic rings. The van der Waals surface area contributed by atoms with Crippen molar-refractivity contribution >= 4 is 16.6 Å². The maximum Gasteiger partial charge on any atom is 0.573 e. The van der Waals surface area contributed by atoms with E-state index in [1.54, 1.807) is 18.5 Å². The van der Waals surface area contributed by atoms with Crippen LogP contribution >= 0.6 is 0 Å². The van der Waals surface area contributed by atoms with Gasteiger partial charge in [-0.3, -0.25) is 4.98 Å². The average Bonchev–Trinajstić information content (AvgIpc) is 2.68. The number of phenolic OH excluding ortho intramolecular Hbond substituents is 1. The van der Waals surface area contributed by atoms with E-state index >= 15 is 0 Å². The first-order chi connectivity index (χ1) is 14.3. The van der Waals surface area contributed by atoms with Crippen LogP contribution in [-0.4, -0.2) is 43.9 Å². The number of pyridine rings is 1. The normalized spacial score (nSPS) is 19.6. The van der Waals surface area contributed by atoms with Gasteiger partial charge in [0, 0.05) is 40.8 Å². The summed E-state index contributed by atoms with van der Waals surface area (Å²) in [5.41, 5.74) is 0.519. The zero-order valence-electron chi connectivity index (χ0n) is 15.7. The summed E-state index contributed by atoms with van der Waals surface area (Å²) < 4.78 is 41.1. The third-order valence-electron chi connectivity index (χ3n) is 5.03. The summed E-state index contributed by atoms with van der Waals surface area (Å²) in [6.45, 7) is 0. The van der Waals surface area contributed by atoms with E-state index in [0.717, 1.165) is 31.4 Å². The molecular formula is C20H19F3N4O3. The van der Waals surface area contributed by atoms with Crippen molar-refractivity contribution in [2.45, 2.75) is 44.2 Å². The Morgan fingerprint density at radius 1 is 1.10 bits per heavy atom. The molecule has 10 heteroatoms. The van der Waals surface area contributed by atoms with Gasteiger partial charge >= 0.3 is 6.36 Å². The summed E-state index contributed by atoms with van der Waals surface area (Å²) >= 11 is 0. The Labute approximate surface area is 169 Å². The largest absolute Gasteiger partial charge is 0.573 e. The van der Waals surface area contributed by atoms with Crippen molar-refractivity contribution in [3.63, 3.8) is 0 Å². The number of hydrogen-bond acceptors (Lipinski definition) is 7. The third kappa shape index (κ3) is 4.38. The van der Waals surface area contributed by atoms with Crippen LogP contribution in [0.2, 0.25) is 0 Å². The SMILES string of the molecule is Oc1cc(OC(F)(F)F)ccc1-c1nnc(NC2CCCC(O)C2)c2cnccc12. The van der Waals surface area contributed by atoms with E-state index in [2.05, 4.69) is 25.2 Å². The number of phenols is 1. The molecule has 0 bridgehead atoms. The van der Waals surface area contributed by atoms with Crippen LogP contribution in [0.3, 0.4) is 0 Å². The van der Waals surface area contributed by atoms with Gasteiger partial charge < -0.3 is 20.3 Å². The van der Waals surface area contributed by atoms with E-state index in [-0.39, 0.29) is 17.7 Å². The molecule has 1 aliphatic rings. The van der Waals surface area contributed by atoms with Gasteiger partial charge in [0.15, 0.2) is 5.82 Å². The number of nitrogens with zero attached hydrogens (tertiary/aromatic N) is 3. The van der Waals surface area contributed by atoms with Crippen molar-refractivity contribution in [2.24, 2.45) is 0 Å². The molecule has 0 amide bonds. The quantitative estimate of drug-likeness (QED) is 0.586. The van der Waals surface area contributed by atoms with E-state index < -0.39 is 17.9 Å². The minimum atomic E-state index is -4.86. The van der Waals surface area contributed by atoms with E-state index in [1.807, 2.05) is 0 Å². The maximum absolute atomic E-state index is 12.4. The van der Waals surface area contributed by atoms with Crippen LogP contribution < -0.4 is 10.1 Å². The highest BCUT2D eigenvalue weighted by molar-refractivity contribution is 6.00. The number of halogens is 3. The minimum Gasteiger partial charge on any atom is -0.507 e.